The lowest BCUT2D eigenvalue weighted by Crippen LogP contribution is -2.08. The van der Waals surface area contributed by atoms with Gasteiger partial charge in [0.25, 0.3) is 0 Å². The zero-order chi connectivity index (χ0) is 17.4. The summed E-state index contributed by atoms with van der Waals surface area (Å²) in [7, 11) is 0. The van der Waals surface area contributed by atoms with Crippen LogP contribution in [-0.4, -0.2) is 16.6 Å². The van der Waals surface area contributed by atoms with Gasteiger partial charge in [-0.15, -0.1) is 0 Å². The highest BCUT2D eigenvalue weighted by molar-refractivity contribution is 7.71. The lowest BCUT2D eigenvalue weighted by Gasteiger charge is -2.20. The Hall–Kier alpha value is -2.66. The van der Waals surface area contributed by atoms with Gasteiger partial charge in [-0.3, -0.25) is 0 Å². The van der Waals surface area contributed by atoms with E-state index in [1.807, 2.05) is 43.3 Å². The van der Waals surface area contributed by atoms with Crippen LogP contribution in [-0.2, 0) is 6.42 Å². The highest BCUT2D eigenvalue weighted by Crippen LogP contribution is 2.37. The molecule has 0 amide bonds. The zero-order valence-corrected chi connectivity index (χ0v) is 14.9. The van der Waals surface area contributed by atoms with Crippen molar-refractivity contribution >= 4 is 12.2 Å². The Bertz CT molecular complexity index is 994. The lowest BCUT2D eigenvalue weighted by molar-refractivity contribution is 0.340. The lowest BCUT2D eigenvalue weighted by atomic mass is 10.0. The second kappa shape index (κ2) is 6.33. The van der Waals surface area contributed by atoms with Gasteiger partial charge in [-0.2, -0.15) is 0 Å². The number of fused-ring (bicyclic) bond motifs is 2. The molecule has 1 aromatic heterocycles. The van der Waals surface area contributed by atoms with Crippen molar-refractivity contribution in [3.63, 3.8) is 0 Å². The average molecular weight is 350 g/mol. The number of H-pyrrole nitrogens is 1. The maximum absolute atomic E-state index is 6.05. The van der Waals surface area contributed by atoms with E-state index >= 15 is 0 Å². The van der Waals surface area contributed by atoms with Gasteiger partial charge >= 0.3 is 0 Å². The number of nitrogens with zero attached hydrogens (tertiary/aromatic N) is 1. The van der Waals surface area contributed by atoms with Gasteiger partial charge < -0.3 is 14.5 Å². The zero-order valence-electron chi connectivity index (χ0n) is 14.1. The summed E-state index contributed by atoms with van der Waals surface area (Å²) in [6.45, 7) is 4.68. The summed E-state index contributed by atoms with van der Waals surface area (Å²) in [4.78, 5) is 7.85. The summed E-state index contributed by atoms with van der Waals surface area (Å²) in [6.07, 6.45) is 0.734. The molecule has 0 bridgehead atoms. The van der Waals surface area contributed by atoms with Crippen LogP contribution in [0, 0.1) is 11.6 Å². The normalized spacial score (nSPS) is 12.1. The third kappa shape index (κ3) is 3.03. The summed E-state index contributed by atoms with van der Waals surface area (Å²) < 4.78 is 12.1. The second-order valence-electron chi connectivity index (χ2n) is 6.05. The van der Waals surface area contributed by atoms with Crippen molar-refractivity contribution < 1.29 is 9.47 Å². The van der Waals surface area contributed by atoms with E-state index in [1.165, 1.54) is 5.56 Å². The number of hydrogen-bond acceptors (Lipinski definition) is 4. The number of hydrogen-bond donors (Lipinski definition) is 1. The van der Waals surface area contributed by atoms with Crippen molar-refractivity contribution in [2.24, 2.45) is 0 Å². The SMILES string of the molecule is CCOc1ccc(-c2nc(=S)c3c([nH]2)Oc2ccc(C)cc2C3)cc1. The largest absolute Gasteiger partial charge is 0.494 e. The Labute approximate surface area is 151 Å². The molecule has 0 spiro atoms. The number of aromatic nitrogens is 2. The first-order valence-electron chi connectivity index (χ1n) is 8.28. The Morgan fingerprint density at radius 1 is 1.20 bits per heavy atom. The monoisotopic (exact) mass is 350 g/mol. The highest BCUT2D eigenvalue weighted by atomic mass is 32.1. The Kier molecular flexibility index (Phi) is 4.01. The smallest absolute Gasteiger partial charge is 0.205 e. The number of nitrogens with one attached hydrogen (secondary N) is 1. The van der Waals surface area contributed by atoms with E-state index in [4.69, 9.17) is 21.7 Å². The summed E-state index contributed by atoms with van der Waals surface area (Å²) in [5, 5.41) is 0. The predicted octanol–water partition coefficient (Wildman–Crippen LogP) is 5.21. The topological polar surface area (TPSA) is 47.1 Å². The van der Waals surface area contributed by atoms with E-state index in [1.54, 1.807) is 0 Å². The van der Waals surface area contributed by atoms with Gasteiger partial charge in [0, 0.05) is 12.0 Å². The fourth-order valence-electron chi connectivity index (χ4n) is 2.98. The summed E-state index contributed by atoms with van der Waals surface area (Å²) in [5.41, 5.74) is 4.22. The molecule has 3 aromatic rings. The van der Waals surface area contributed by atoms with E-state index < -0.39 is 0 Å². The molecule has 2 heterocycles. The standard InChI is InChI=1S/C20H18N2O2S/c1-3-23-15-7-5-13(6-8-15)18-21-19-16(20(25)22-18)11-14-10-12(2)4-9-17(14)24-19/h4-10H,3,11H2,1-2H3,(H,21,22,25). The van der Waals surface area contributed by atoms with Crippen molar-refractivity contribution in [3.8, 4) is 28.8 Å². The van der Waals surface area contributed by atoms with E-state index in [0.717, 1.165) is 34.6 Å². The van der Waals surface area contributed by atoms with Crippen LogP contribution in [0.25, 0.3) is 11.4 Å². The number of rotatable bonds is 3. The molecular weight excluding hydrogens is 332 g/mol. The molecule has 5 heteroatoms. The minimum Gasteiger partial charge on any atom is -0.494 e. The van der Waals surface area contributed by atoms with Crippen LogP contribution in [0.15, 0.2) is 42.5 Å². The van der Waals surface area contributed by atoms with Crippen molar-refractivity contribution in [1.29, 1.82) is 0 Å². The molecule has 25 heavy (non-hydrogen) atoms. The summed E-state index contributed by atoms with van der Waals surface area (Å²) in [5.74, 6) is 3.08. The van der Waals surface area contributed by atoms with Crippen LogP contribution in [0.3, 0.4) is 0 Å². The maximum Gasteiger partial charge on any atom is 0.205 e. The van der Waals surface area contributed by atoms with Crippen LogP contribution in [0.5, 0.6) is 17.4 Å². The fourth-order valence-corrected chi connectivity index (χ4v) is 3.24. The van der Waals surface area contributed by atoms with Gasteiger partial charge in [0.2, 0.25) is 5.88 Å². The third-order valence-electron chi connectivity index (χ3n) is 4.21. The Morgan fingerprint density at radius 3 is 2.76 bits per heavy atom. The fraction of sp³-hybridized carbons (Fsp3) is 0.200. The van der Waals surface area contributed by atoms with Crippen molar-refractivity contribution in [2.45, 2.75) is 20.3 Å². The van der Waals surface area contributed by atoms with Crippen LogP contribution in [0.1, 0.15) is 23.6 Å². The average Bonchev–Trinajstić information content (AvgIpc) is 2.61. The minimum absolute atomic E-state index is 0.574. The molecule has 0 fully saturated rings. The molecule has 0 aliphatic carbocycles. The quantitative estimate of drug-likeness (QED) is 0.515. The second-order valence-corrected chi connectivity index (χ2v) is 6.43. The van der Waals surface area contributed by atoms with Crippen LogP contribution < -0.4 is 9.47 Å². The number of aromatic amines is 1. The first-order chi connectivity index (χ1) is 12.1. The maximum atomic E-state index is 6.05. The van der Waals surface area contributed by atoms with Gasteiger partial charge in [0.1, 0.15) is 22.0 Å². The number of benzene rings is 2. The molecule has 4 rings (SSSR count). The molecule has 1 N–H and O–H groups in total. The van der Waals surface area contributed by atoms with Crippen LogP contribution in [0.4, 0.5) is 0 Å². The molecule has 0 atom stereocenters. The van der Waals surface area contributed by atoms with E-state index in [2.05, 4.69) is 23.0 Å². The number of aryl methyl sites for hydroxylation is 1. The van der Waals surface area contributed by atoms with Gasteiger partial charge in [0.05, 0.1) is 12.2 Å². The van der Waals surface area contributed by atoms with Crippen molar-refractivity contribution in [3.05, 3.63) is 63.8 Å². The molecule has 4 nitrogen and oxygen atoms in total. The minimum atomic E-state index is 0.574. The third-order valence-corrected chi connectivity index (χ3v) is 4.55. The number of ether oxygens (including phenoxy) is 2. The molecule has 126 valence electrons. The first-order valence-corrected chi connectivity index (χ1v) is 8.68. The first kappa shape index (κ1) is 15.8. The van der Waals surface area contributed by atoms with Gasteiger partial charge in [-0.1, -0.05) is 29.9 Å². The van der Waals surface area contributed by atoms with E-state index in [0.29, 0.717) is 23.0 Å². The highest BCUT2D eigenvalue weighted by Gasteiger charge is 2.20. The molecule has 2 aromatic carbocycles. The van der Waals surface area contributed by atoms with Gasteiger partial charge in [0.15, 0.2) is 0 Å². The van der Waals surface area contributed by atoms with E-state index in [-0.39, 0.29) is 0 Å². The van der Waals surface area contributed by atoms with Crippen molar-refractivity contribution in [2.75, 3.05) is 6.61 Å². The summed E-state index contributed by atoms with van der Waals surface area (Å²) >= 11 is 5.52. The molecule has 0 saturated heterocycles. The Morgan fingerprint density at radius 2 is 2.00 bits per heavy atom. The molecule has 1 aliphatic rings. The summed E-state index contributed by atoms with van der Waals surface area (Å²) in [6, 6.07) is 14.0. The Balaban J connectivity index is 1.72. The molecular formula is C20H18N2O2S. The molecule has 1 aliphatic heterocycles. The van der Waals surface area contributed by atoms with Crippen molar-refractivity contribution in [1.82, 2.24) is 9.97 Å². The van der Waals surface area contributed by atoms with Gasteiger partial charge in [-0.05, 0) is 49.7 Å². The van der Waals surface area contributed by atoms with Crippen LogP contribution in [0.2, 0.25) is 0 Å². The molecule has 0 saturated carbocycles. The predicted molar refractivity (Wildman–Crippen MR) is 100 cm³/mol. The molecule has 0 unspecified atom stereocenters. The molecule has 0 radical (unpaired) electrons. The van der Waals surface area contributed by atoms with Crippen LogP contribution >= 0.6 is 12.2 Å². The van der Waals surface area contributed by atoms with Gasteiger partial charge in [-0.25, -0.2) is 4.98 Å². The van der Waals surface area contributed by atoms with E-state index in [9.17, 15) is 0 Å².